The van der Waals surface area contributed by atoms with Gasteiger partial charge in [-0.2, -0.15) is 13.2 Å². The van der Waals surface area contributed by atoms with Crippen LogP contribution < -0.4 is 18.9 Å². The maximum Gasteiger partial charge on any atom is 0.417 e. The number of Topliss-reactive ketones (excluding diaryl/α,β-unsaturated/α-hetero) is 4. The molecule has 0 saturated carbocycles. The van der Waals surface area contributed by atoms with Crippen LogP contribution in [-0.2, 0) is 31.9 Å². The van der Waals surface area contributed by atoms with E-state index >= 15 is 0 Å². The second-order valence-corrected chi connectivity index (χ2v) is 26.9. The Bertz CT molecular complexity index is 5780. The van der Waals surface area contributed by atoms with Gasteiger partial charge in [0.1, 0.15) is 74.6 Å². The zero-order valence-corrected chi connectivity index (χ0v) is 64.2. The number of alkyl halides is 3. The van der Waals surface area contributed by atoms with Crippen molar-refractivity contribution in [2.75, 3.05) is 0 Å². The number of aryl methyl sites for hydroxylation is 6. The zero-order chi connectivity index (χ0) is 82.7. The highest BCUT2D eigenvalue weighted by atomic mass is 19.4. The molecule has 0 aliphatic heterocycles. The number of aromatic nitrogens is 8. The minimum Gasteiger partial charge on any atom is -0.439 e. The molecule has 0 unspecified atom stereocenters. The summed E-state index contributed by atoms with van der Waals surface area (Å²) in [5.41, 5.74) is 7.89. The summed E-state index contributed by atoms with van der Waals surface area (Å²) >= 11 is 0. The van der Waals surface area contributed by atoms with Gasteiger partial charge in [-0.25, -0.2) is 24.3 Å². The number of hydrogen-bond acceptors (Lipinski definition) is 20. The molecule has 0 N–H and O–H groups in total. The van der Waals surface area contributed by atoms with Crippen LogP contribution in [0.25, 0.3) is 45.0 Å². The number of ketones is 4. The number of halogens is 4. The number of carbonyl (C=O) groups is 4. The monoisotopic (exact) mass is 1590 g/mol. The molecule has 119 heavy (non-hydrogen) atoms. The van der Waals surface area contributed by atoms with E-state index in [0.717, 1.165) is 28.6 Å². The average molecular weight is 1600 g/mol. The quantitative estimate of drug-likeness (QED) is 0.0326. The summed E-state index contributed by atoms with van der Waals surface area (Å²) in [6, 6.07) is 85.1. The van der Waals surface area contributed by atoms with Gasteiger partial charge in [0.25, 0.3) is 0 Å². The number of rotatable bonds is 28. The normalized spacial score (nSPS) is 10.8. The summed E-state index contributed by atoms with van der Waals surface area (Å²) in [6.07, 6.45) is 3.99. The molecular formula is C95H74F4N8O12. The van der Waals surface area contributed by atoms with Crippen molar-refractivity contribution in [3.63, 3.8) is 0 Å². The Kier molecular flexibility index (Phi) is 27.6. The molecule has 8 aromatic carbocycles. The maximum atomic E-state index is 13.8. The molecule has 20 nitrogen and oxygen atoms in total. The second-order valence-electron chi connectivity index (χ2n) is 26.9. The Balaban J connectivity index is 0.000000137. The smallest absolute Gasteiger partial charge is 0.417 e. The fourth-order valence-electron chi connectivity index (χ4n) is 11.7. The van der Waals surface area contributed by atoms with Crippen LogP contribution in [0.3, 0.4) is 0 Å². The van der Waals surface area contributed by atoms with Gasteiger partial charge in [-0.3, -0.25) is 19.2 Å². The number of pyridine rings is 4. The summed E-state index contributed by atoms with van der Waals surface area (Å²) < 4.78 is 97.2. The van der Waals surface area contributed by atoms with Gasteiger partial charge in [-0.05, 0) is 105 Å². The second kappa shape index (κ2) is 40.2. The van der Waals surface area contributed by atoms with Gasteiger partial charge in [0, 0.05) is 169 Å². The third-order valence-corrected chi connectivity index (χ3v) is 18.1. The van der Waals surface area contributed by atoms with Gasteiger partial charge < -0.3 is 37.0 Å². The molecule has 24 heteroatoms. The van der Waals surface area contributed by atoms with Crippen LogP contribution in [0.4, 0.5) is 17.6 Å². The van der Waals surface area contributed by atoms with Crippen LogP contribution in [0.1, 0.15) is 107 Å². The molecule has 0 aliphatic rings. The molecule has 16 rings (SSSR count). The van der Waals surface area contributed by atoms with Crippen molar-refractivity contribution in [1.29, 1.82) is 0 Å². The van der Waals surface area contributed by atoms with Crippen molar-refractivity contribution < 1.29 is 73.8 Å². The van der Waals surface area contributed by atoms with E-state index in [0.29, 0.717) is 135 Å². The third-order valence-electron chi connectivity index (χ3n) is 18.1. The molecule has 0 amide bonds. The SMILES string of the molecule is Cc1ccc(-c2cc(CCC(=O)c3ccc(Oc4ccccc4)nc3)on2)cc1.Cc1ccc(-c2cc(CCC(=O)c3ccc(Oc4ccccc4)nc3)on2)cc1.O=C(CCc1cc(-c2ccccc2C(F)(F)F)no1)c1ccc(Oc2ccccc2)nc1.O=C(CCc1cc(-c2ccccc2F)no1)c1ccc(Oc2ccccc2)nc1. The van der Waals surface area contributed by atoms with Crippen molar-refractivity contribution in [3.05, 3.63) is 384 Å². The summed E-state index contributed by atoms with van der Waals surface area (Å²) in [5, 5.41) is 15.8. The first kappa shape index (κ1) is 81.8. The molecule has 0 bridgehead atoms. The van der Waals surface area contributed by atoms with Crippen LogP contribution in [0.15, 0.2) is 334 Å². The number of carbonyl (C=O) groups excluding carboxylic acids is 4. The molecule has 0 aliphatic carbocycles. The van der Waals surface area contributed by atoms with E-state index in [4.69, 9.17) is 37.0 Å². The van der Waals surface area contributed by atoms with Gasteiger partial charge >= 0.3 is 6.18 Å². The molecule has 0 spiro atoms. The van der Waals surface area contributed by atoms with Crippen LogP contribution >= 0.6 is 0 Å². The summed E-state index contributed by atoms with van der Waals surface area (Å²) in [6.45, 7) is 4.08. The predicted octanol–water partition coefficient (Wildman–Crippen LogP) is 23.2. The highest BCUT2D eigenvalue weighted by molar-refractivity contribution is 5.97. The molecule has 0 saturated heterocycles. The average Bonchev–Trinajstić information content (AvgIpc) is 1.73. The van der Waals surface area contributed by atoms with Crippen molar-refractivity contribution in [3.8, 4) is 91.5 Å². The highest BCUT2D eigenvalue weighted by Gasteiger charge is 2.34. The third kappa shape index (κ3) is 24.0. The molecule has 16 aromatic rings. The number of hydrogen-bond donors (Lipinski definition) is 0. The van der Waals surface area contributed by atoms with Crippen LogP contribution in [-0.4, -0.2) is 63.7 Å². The van der Waals surface area contributed by atoms with Gasteiger partial charge in [0.2, 0.25) is 23.5 Å². The highest BCUT2D eigenvalue weighted by Crippen LogP contribution is 2.37. The van der Waals surface area contributed by atoms with Crippen molar-refractivity contribution in [2.24, 2.45) is 0 Å². The summed E-state index contributed by atoms with van der Waals surface area (Å²) in [5.74, 6) is 5.97. The minimum absolute atomic E-state index is 0.00273. The van der Waals surface area contributed by atoms with Crippen LogP contribution in [0.5, 0.6) is 46.5 Å². The molecule has 0 fully saturated rings. The number of para-hydroxylation sites is 4. The van der Waals surface area contributed by atoms with Crippen molar-refractivity contribution >= 4 is 23.1 Å². The molecule has 8 heterocycles. The Labute approximate surface area is 680 Å². The Hall–Kier alpha value is -15.2. The number of benzene rings is 8. The lowest BCUT2D eigenvalue weighted by atomic mass is 10.0. The van der Waals surface area contributed by atoms with Crippen molar-refractivity contribution in [1.82, 2.24) is 40.6 Å². The minimum atomic E-state index is -4.50. The first-order valence-electron chi connectivity index (χ1n) is 37.7. The van der Waals surface area contributed by atoms with E-state index in [1.807, 2.05) is 184 Å². The number of ether oxygens (including phenoxy) is 4. The maximum absolute atomic E-state index is 13.8. The summed E-state index contributed by atoms with van der Waals surface area (Å²) in [4.78, 5) is 66.6. The fourth-order valence-corrected chi connectivity index (χ4v) is 11.7. The lowest BCUT2D eigenvalue weighted by Crippen LogP contribution is -2.06. The van der Waals surface area contributed by atoms with Gasteiger partial charge in [0.15, 0.2) is 23.1 Å². The zero-order valence-electron chi connectivity index (χ0n) is 64.2. The summed E-state index contributed by atoms with van der Waals surface area (Å²) in [7, 11) is 0. The van der Waals surface area contributed by atoms with E-state index in [9.17, 15) is 36.7 Å². The van der Waals surface area contributed by atoms with E-state index in [2.05, 4.69) is 40.6 Å². The lowest BCUT2D eigenvalue weighted by Gasteiger charge is -2.10. The lowest BCUT2D eigenvalue weighted by molar-refractivity contribution is -0.137. The molecule has 8 aromatic heterocycles. The Morgan fingerprint density at radius 1 is 0.311 bits per heavy atom. The molecular weight excluding hydrogens is 1520 g/mol. The Morgan fingerprint density at radius 3 is 0.874 bits per heavy atom. The van der Waals surface area contributed by atoms with E-state index < -0.39 is 11.7 Å². The first-order valence-corrected chi connectivity index (χ1v) is 37.7. The van der Waals surface area contributed by atoms with E-state index in [1.54, 1.807) is 97.3 Å². The molecule has 0 radical (unpaired) electrons. The van der Waals surface area contributed by atoms with Crippen LogP contribution in [0.2, 0.25) is 0 Å². The standard InChI is InChI=1S/C24H17F3N2O3.2C24H20N2O3.C23H17FN2O3/c25-24(26,27)20-9-5-4-8-19(20)21-14-18(32-29-21)11-12-22(30)16-10-13-23(28-15-16)31-17-6-2-1-3-7-17;2*1-17-7-9-18(10-8-17)22-15-21(29-26-22)12-13-23(27)19-11-14-24(25-16-19)28-20-5-3-2-4-6-20;24-20-9-5-4-8-19(20)21-14-18(29-26-21)11-12-22(27)16-10-13-23(25-15-16)28-17-6-2-1-3-7-17/h1-10,13-15H,11-12H2;2*2-11,14-16H,12-13H2,1H3;1-10,13-15H,11-12H2. The topological polar surface area (TPSA) is 261 Å². The van der Waals surface area contributed by atoms with E-state index in [1.165, 1.54) is 53.9 Å². The Morgan fingerprint density at radius 2 is 0.580 bits per heavy atom. The van der Waals surface area contributed by atoms with Crippen molar-refractivity contribution in [2.45, 2.75) is 71.4 Å². The van der Waals surface area contributed by atoms with Gasteiger partial charge in [-0.15, -0.1) is 0 Å². The van der Waals surface area contributed by atoms with Crippen LogP contribution in [0, 0.1) is 19.7 Å². The fraction of sp³-hybridized carbons (Fsp3) is 0.116. The largest absolute Gasteiger partial charge is 0.439 e. The molecule has 0 atom stereocenters. The van der Waals surface area contributed by atoms with Gasteiger partial charge in [-0.1, -0.05) is 183 Å². The first-order chi connectivity index (χ1) is 57.9. The molecule has 594 valence electrons. The predicted molar refractivity (Wildman–Crippen MR) is 436 cm³/mol. The number of nitrogens with zero attached hydrogens (tertiary/aromatic N) is 8. The van der Waals surface area contributed by atoms with Gasteiger partial charge in [0.05, 0.1) is 5.56 Å². The van der Waals surface area contributed by atoms with E-state index in [-0.39, 0.29) is 59.5 Å².